The van der Waals surface area contributed by atoms with Crippen LogP contribution in [-0.4, -0.2) is 84.3 Å². The molecule has 0 spiro atoms. The second-order valence-electron chi connectivity index (χ2n) is 30.4. The fourth-order valence-corrected chi connectivity index (χ4v) is 407. The summed E-state index contributed by atoms with van der Waals surface area (Å²) in [6.07, 6.45) is 5.81. The molecule has 0 bridgehead atoms. The lowest BCUT2D eigenvalue weighted by Crippen LogP contribution is -2.75. The van der Waals surface area contributed by atoms with Crippen LogP contribution >= 0.6 is 487 Å². The van der Waals surface area contributed by atoms with Crippen LogP contribution in [0.15, 0.2) is 23.3 Å². The Hall–Kier alpha value is 24.3. The van der Waals surface area contributed by atoms with Crippen molar-refractivity contribution in [2.75, 3.05) is 13.2 Å². The van der Waals surface area contributed by atoms with E-state index in [0.717, 1.165) is 27.2 Å². The van der Waals surface area contributed by atoms with E-state index in [1.165, 1.54) is 11.1 Å². The predicted molar refractivity (Wildman–Crippen MR) is 712 cm³/mol. The van der Waals surface area contributed by atoms with E-state index in [-0.39, 0.29) is 172 Å². The van der Waals surface area contributed by atoms with Gasteiger partial charge in [-0.1, -0.05) is 94.4 Å². The van der Waals surface area contributed by atoms with Gasteiger partial charge >= 0.3 is 0 Å². The van der Waals surface area contributed by atoms with Crippen LogP contribution in [0.3, 0.4) is 0 Å². The quantitative estimate of drug-likeness (QED) is 0.0463. The van der Waals surface area contributed by atoms with E-state index >= 15 is 9.59 Å². The van der Waals surface area contributed by atoms with Gasteiger partial charge in [-0.15, -0.1) is 268 Å². The summed E-state index contributed by atoms with van der Waals surface area (Å²) in [7, 11) is 95.4. The number of hydrogen-bond acceptors (Lipinski definition) is 11. The van der Waals surface area contributed by atoms with Gasteiger partial charge in [-0.05, 0) is 204 Å². The van der Waals surface area contributed by atoms with Crippen molar-refractivity contribution in [1.82, 2.24) is 0 Å². The molecule has 2 saturated heterocycles. The van der Waals surface area contributed by atoms with Crippen LogP contribution in [0.2, 0.25) is 0 Å². The molecule has 1 N–H and O–H groups in total. The molecule has 6 rings (SSSR count). The second-order valence-corrected chi connectivity index (χ2v) is 244. The third kappa shape index (κ3) is 34.6. The molecule has 44 unspecified atom stereocenters. The molecule has 6 aliphatic rings. The number of ketones is 2. The topological polar surface area (TPSA) is 128 Å². The van der Waals surface area contributed by atoms with E-state index in [9.17, 15) is 5.11 Å². The average molecular weight is 2710 g/mol. The van der Waals surface area contributed by atoms with Gasteiger partial charge in [-0.3, -0.25) is 9.59 Å². The van der Waals surface area contributed by atoms with E-state index in [1.807, 2.05) is 6.92 Å². The van der Waals surface area contributed by atoms with Crippen LogP contribution in [-0.2, 0) is 46.2 Å². The molecule has 116 heavy (non-hydrogen) atoms. The summed E-state index contributed by atoms with van der Waals surface area (Å²) >= 11 is 0. The lowest BCUT2D eigenvalue weighted by Gasteiger charge is -2.66. The summed E-state index contributed by atoms with van der Waals surface area (Å²) in [6, 6.07) is 0. The first-order valence-electron chi connectivity index (χ1n) is 34.8. The van der Waals surface area contributed by atoms with Crippen LogP contribution in [0.25, 0.3) is 0 Å². The largest absolute Gasteiger partial charge is 0.384 e. The number of allylic oxidation sites excluding steroid dienone is 2. The molecule has 71 heteroatoms. The number of Topliss-reactive ketones (excluding diaryl/α,β-unsaturated/α-hetero) is 2. The maximum atomic E-state index is 15.9. The number of fused-ring (bicyclic) bond motifs is 2. The van der Waals surface area contributed by atoms with Gasteiger partial charge in [0.15, 0.2) is 11.6 Å². The first-order valence-corrected chi connectivity index (χ1v) is 139. The summed E-state index contributed by atoms with van der Waals surface area (Å²) in [5, 5.41) is 13.0. The Balaban J connectivity index is 0.000000414. The first kappa shape index (κ1) is 131. The summed E-state index contributed by atoms with van der Waals surface area (Å²) in [4.78, 5) is 31.7. The van der Waals surface area contributed by atoms with Crippen molar-refractivity contribution in [2.45, 2.75) is 170 Å². The average Bonchev–Trinajstić information content (AvgIpc) is 0.697. The molecular formula is C45H134O11P60. The summed E-state index contributed by atoms with van der Waals surface area (Å²) in [6.45, 7) is 22.6. The van der Waals surface area contributed by atoms with Crippen molar-refractivity contribution in [3.8, 4) is 0 Å². The van der Waals surface area contributed by atoms with Gasteiger partial charge in [0.1, 0.15) is 17.8 Å². The molecule has 2 saturated carbocycles. The van der Waals surface area contributed by atoms with Crippen molar-refractivity contribution < 1.29 is 51.3 Å². The van der Waals surface area contributed by atoms with E-state index in [1.54, 1.807) is 0 Å². The summed E-state index contributed by atoms with van der Waals surface area (Å²) in [5.41, 5.74) is -0.765. The number of carbonyl (C=O) groups excluding carboxylic acids is 2. The highest BCUT2D eigenvalue weighted by molar-refractivity contribution is 9.21. The Morgan fingerprint density at radius 2 is 0.707 bits per heavy atom. The highest BCUT2D eigenvalue weighted by Gasteiger charge is 2.72. The molecule has 0 aromatic rings. The smallest absolute Gasteiger partial charge is 0.170 e. The van der Waals surface area contributed by atoms with Crippen molar-refractivity contribution >= 4 is 498 Å². The van der Waals surface area contributed by atoms with Gasteiger partial charge in [-0.25, -0.2) is 0 Å². The molecule has 680 valence electrons. The monoisotopic (exact) mass is 2710 g/mol. The lowest BCUT2D eigenvalue weighted by atomic mass is 9.44. The van der Waals surface area contributed by atoms with Crippen molar-refractivity contribution in [3.05, 3.63) is 23.3 Å². The van der Waals surface area contributed by atoms with Gasteiger partial charge < -0.3 is 41.7 Å². The molecule has 11 nitrogen and oxygen atoms in total. The molecule has 0 radical (unpaired) electrons. The minimum Gasteiger partial charge on any atom is -0.384 e. The third-order valence-electron chi connectivity index (χ3n) is 21.8. The maximum absolute atomic E-state index is 15.9. The Bertz CT molecular complexity index is 2930. The molecule has 4 fully saturated rings. The Kier molecular flexibility index (Phi) is 67.8. The third-order valence-corrected chi connectivity index (χ3v) is 303. The van der Waals surface area contributed by atoms with Crippen LogP contribution < -0.4 is 0 Å². The number of ether oxygens (including phenoxy) is 2. The van der Waals surface area contributed by atoms with Crippen LogP contribution in [0, 0.1) is 62.6 Å². The highest BCUT2D eigenvalue weighted by atomic mass is 33.3. The molecule has 4 aliphatic carbocycles. The zero-order chi connectivity index (χ0) is 89.1. The molecule has 0 amide bonds. The standard InChI is InChI=1S/C23H68O5P30.C22H66O6P30/c1-12-10-21(4,5)15(8-16(12)27-48(56(44)52(36)37)58(54(40)41)55(42)43)13(2)19-22(6)11-25-17(22)9-18(28-46(49(30)31)50(32)33)23(19,7)20(24)14(3)26-47(51(34)35)57(45-29)53(38)39;1-11-9-20(4,5)14(7-15(11)27-48(56(44)52(36)37)58(54(40)41)55(42)43)12(2)18-21(6,19(23)13(3)26-47(51(34)35)57(45-29)53(38)39)16(8-17-22(18,24)10-25-17)28-46(49(30)31)50(32)33/h10,13-19,45H,8-9,11,29-44H2,1-7H3;9,12-18,24,45H,7-8,10,29-44H2,1-6H3/t13-,14-,15?,16+,17-,18+,19-,22-,23-,47?,48?,56?,57?;12-,13-,14?,15+,16+,17-,18+,21-,22+,47?,48?,56?,57?/m11/s1. The van der Waals surface area contributed by atoms with Gasteiger partial charge in [-0.2, -0.15) is 0 Å². The fourth-order valence-electron chi connectivity index (χ4n) is 17.2. The number of rotatable bonds is 42. The fraction of sp³-hybridized carbons (Fsp3) is 0.867. The summed E-state index contributed by atoms with van der Waals surface area (Å²) < 4.78 is 56.9. The van der Waals surface area contributed by atoms with Gasteiger partial charge in [0, 0.05) is 66.1 Å². The number of aliphatic hydroxyl groups is 1. The molecule has 2 aliphatic heterocycles. The van der Waals surface area contributed by atoms with Gasteiger partial charge in [0.25, 0.3) is 0 Å². The predicted octanol–water partition coefficient (Wildman–Crippen LogP) is 41.1. The Morgan fingerprint density at radius 3 is 0.966 bits per heavy atom. The first-order chi connectivity index (χ1) is 53.2. The highest BCUT2D eigenvalue weighted by Crippen LogP contribution is 3.20. The maximum Gasteiger partial charge on any atom is 0.170 e. The Morgan fingerprint density at radius 1 is 0.405 bits per heavy atom. The zero-order valence-electron chi connectivity index (χ0n) is 67.1. The minimum absolute atomic E-state index is 0.0267. The van der Waals surface area contributed by atoms with Crippen LogP contribution in [0.1, 0.15) is 116 Å². The molecule has 0 aromatic carbocycles. The van der Waals surface area contributed by atoms with E-state index in [2.05, 4.69) is 381 Å². The zero-order valence-corrected chi connectivity index (χ0v) is 129. The van der Waals surface area contributed by atoms with Gasteiger partial charge in [0.2, 0.25) is 0 Å². The normalized spacial score (nSPS) is 32.5. The molecule has 2 heterocycles. The van der Waals surface area contributed by atoms with Gasteiger partial charge in [0.05, 0.1) is 106 Å². The van der Waals surface area contributed by atoms with E-state index in [0.29, 0.717) is 21.0 Å². The minimum atomic E-state index is -1.16. The van der Waals surface area contributed by atoms with E-state index < -0.39 is 148 Å². The molecule has 60 atom stereocenters. The SMILES string of the molecule is CC1=CC(C)(C)C([C@@H](C)[C@@H]2[C@]3(C)CO[C@@H]3C[C@H](OP(P(P)P)P(P)P)[C@@]2(C)C(=O)[C@@H](C)OP(P(P)P)P(PP)P(P)P)C[C@@H]1OP(P(P)P(P)P)P(P(P)P)P(P)P.CC1=CC(C)(C)C([C@@H](C)[C@@H]2[C@]3(O)CO[C@@H]3C[C@H](OP(P(P)P)P(P)P)[C@@]2(C)C(=O)[C@@H](C)OP(P(P)P)P(PP)P(P)P)C[C@@H]1OP(P(P)P(P)P)P(P(P)P)P(P)P. The van der Waals surface area contributed by atoms with Crippen LogP contribution in [0.5, 0.6) is 0 Å². The second kappa shape index (κ2) is 60.2. The van der Waals surface area contributed by atoms with Crippen LogP contribution in [0.4, 0.5) is 0 Å². The molecule has 0 aromatic heterocycles. The van der Waals surface area contributed by atoms with Crippen molar-refractivity contribution in [3.63, 3.8) is 0 Å². The molecular weight excluding hydrogens is 2570 g/mol. The van der Waals surface area contributed by atoms with Crippen molar-refractivity contribution in [1.29, 1.82) is 0 Å². The Labute approximate surface area is 809 Å². The summed E-state index contributed by atoms with van der Waals surface area (Å²) in [5.74, 6) is 0.432. The van der Waals surface area contributed by atoms with Crippen molar-refractivity contribution in [2.24, 2.45) is 62.6 Å². The van der Waals surface area contributed by atoms with E-state index in [4.69, 9.17) is 36.6 Å². The number of carbonyl (C=O) groups is 2. The lowest BCUT2D eigenvalue weighted by molar-refractivity contribution is -0.322. The number of hydrogen-bond donors (Lipinski definition) is 1.